The average molecular weight is 277 g/mol. The van der Waals surface area contributed by atoms with E-state index in [0.717, 1.165) is 18.5 Å². The Bertz CT molecular complexity index is 419. The maximum absolute atomic E-state index is 12.3. The van der Waals surface area contributed by atoms with Crippen molar-refractivity contribution in [3.05, 3.63) is 35.4 Å². The first-order valence-corrected chi connectivity index (χ1v) is 7.17. The first-order valence-electron chi connectivity index (χ1n) is 7.17. The third-order valence-electron chi connectivity index (χ3n) is 3.10. The lowest BCUT2D eigenvalue weighted by Crippen LogP contribution is -2.42. The Kier molecular flexibility index (Phi) is 6.68. The lowest BCUT2D eigenvalue weighted by atomic mass is 10.0. The molecule has 0 bridgehead atoms. The van der Waals surface area contributed by atoms with Crippen LogP contribution in [0, 0.1) is 5.92 Å². The number of amides is 1. The summed E-state index contributed by atoms with van der Waals surface area (Å²) in [7, 11) is 4.04. The van der Waals surface area contributed by atoms with Gasteiger partial charge in [-0.25, -0.2) is 0 Å². The summed E-state index contributed by atoms with van der Waals surface area (Å²) in [5, 5.41) is 3.13. The van der Waals surface area contributed by atoms with Gasteiger partial charge >= 0.3 is 0 Å². The van der Waals surface area contributed by atoms with Gasteiger partial charge in [0, 0.05) is 24.7 Å². The second kappa shape index (κ2) is 8.02. The number of benzene rings is 1. The molecule has 1 unspecified atom stereocenters. The summed E-state index contributed by atoms with van der Waals surface area (Å²) in [5.74, 6) is 0.531. The van der Waals surface area contributed by atoms with Crippen LogP contribution in [0.25, 0.3) is 0 Å². The number of likely N-dealkylation sites (N-methyl/N-ethyl adjacent to an activating group) is 1. The molecule has 0 aliphatic carbocycles. The zero-order valence-electron chi connectivity index (χ0n) is 13.0. The minimum absolute atomic E-state index is 0.0206. The molecule has 4 heteroatoms. The third kappa shape index (κ3) is 5.72. The van der Waals surface area contributed by atoms with Crippen LogP contribution in [0.3, 0.4) is 0 Å². The number of carbonyl (C=O) groups is 1. The zero-order chi connectivity index (χ0) is 15.1. The molecule has 0 saturated heterocycles. The predicted octanol–water partition coefficient (Wildman–Crippen LogP) is 1.85. The maximum Gasteiger partial charge on any atom is 0.251 e. The van der Waals surface area contributed by atoms with E-state index in [2.05, 4.69) is 24.1 Å². The fourth-order valence-electron chi connectivity index (χ4n) is 2.30. The van der Waals surface area contributed by atoms with E-state index in [1.54, 1.807) is 0 Å². The largest absolute Gasteiger partial charge is 0.348 e. The van der Waals surface area contributed by atoms with E-state index in [1.165, 1.54) is 0 Å². The van der Waals surface area contributed by atoms with Crippen molar-refractivity contribution >= 4 is 5.91 Å². The summed E-state index contributed by atoms with van der Waals surface area (Å²) >= 11 is 0. The van der Waals surface area contributed by atoms with Crippen LogP contribution in [-0.2, 0) is 6.54 Å². The van der Waals surface area contributed by atoms with Gasteiger partial charge in [-0.05, 0) is 44.1 Å². The highest BCUT2D eigenvalue weighted by Gasteiger charge is 2.16. The van der Waals surface area contributed by atoms with Crippen LogP contribution >= 0.6 is 0 Å². The van der Waals surface area contributed by atoms with Crippen molar-refractivity contribution in [2.45, 2.75) is 32.9 Å². The van der Waals surface area contributed by atoms with Crippen molar-refractivity contribution in [1.29, 1.82) is 0 Å². The summed E-state index contributed by atoms with van der Waals surface area (Å²) in [5.41, 5.74) is 7.27. The minimum Gasteiger partial charge on any atom is -0.348 e. The van der Waals surface area contributed by atoms with Crippen LogP contribution in [0.4, 0.5) is 0 Å². The monoisotopic (exact) mass is 277 g/mol. The van der Waals surface area contributed by atoms with E-state index in [9.17, 15) is 4.79 Å². The number of hydrogen-bond acceptors (Lipinski definition) is 3. The van der Waals surface area contributed by atoms with Crippen LogP contribution in [0.1, 0.15) is 36.2 Å². The molecular weight excluding hydrogens is 250 g/mol. The van der Waals surface area contributed by atoms with Gasteiger partial charge in [0.1, 0.15) is 0 Å². The van der Waals surface area contributed by atoms with Crippen molar-refractivity contribution in [3.63, 3.8) is 0 Å². The molecule has 4 nitrogen and oxygen atoms in total. The number of rotatable bonds is 7. The smallest absolute Gasteiger partial charge is 0.251 e. The van der Waals surface area contributed by atoms with Gasteiger partial charge in [0.25, 0.3) is 5.91 Å². The number of hydrogen-bond donors (Lipinski definition) is 2. The van der Waals surface area contributed by atoms with Crippen LogP contribution in [0.2, 0.25) is 0 Å². The number of nitrogens with zero attached hydrogens (tertiary/aromatic N) is 1. The summed E-state index contributed by atoms with van der Waals surface area (Å²) in [6.07, 6.45) is 0.973. The van der Waals surface area contributed by atoms with Gasteiger partial charge in [-0.1, -0.05) is 26.0 Å². The van der Waals surface area contributed by atoms with Crippen LogP contribution in [-0.4, -0.2) is 37.5 Å². The van der Waals surface area contributed by atoms with Gasteiger partial charge < -0.3 is 16.0 Å². The number of nitrogens with one attached hydrogen (secondary N) is 1. The zero-order valence-corrected chi connectivity index (χ0v) is 13.0. The van der Waals surface area contributed by atoms with Gasteiger partial charge in [-0.3, -0.25) is 4.79 Å². The van der Waals surface area contributed by atoms with E-state index in [4.69, 9.17) is 5.73 Å². The van der Waals surface area contributed by atoms with Gasteiger partial charge in [0.05, 0.1) is 0 Å². The van der Waals surface area contributed by atoms with E-state index >= 15 is 0 Å². The van der Waals surface area contributed by atoms with E-state index in [-0.39, 0.29) is 11.9 Å². The molecular formula is C16H27N3O. The average Bonchev–Trinajstić information content (AvgIpc) is 2.37. The number of nitrogens with two attached hydrogens (primary N) is 1. The van der Waals surface area contributed by atoms with E-state index in [0.29, 0.717) is 18.0 Å². The third-order valence-corrected chi connectivity index (χ3v) is 3.10. The Labute approximate surface area is 122 Å². The molecule has 112 valence electrons. The summed E-state index contributed by atoms with van der Waals surface area (Å²) in [6, 6.07) is 7.66. The quantitative estimate of drug-likeness (QED) is 0.799. The molecule has 1 atom stereocenters. The lowest BCUT2D eigenvalue weighted by Gasteiger charge is -2.24. The Morgan fingerprint density at radius 2 is 2.05 bits per heavy atom. The summed E-state index contributed by atoms with van der Waals surface area (Å²) in [4.78, 5) is 14.4. The Hall–Kier alpha value is -1.39. The van der Waals surface area contributed by atoms with Gasteiger partial charge in [-0.2, -0.15) is 0 Å². The topological polar surface area (TPSA) is 58.4 Å². The molecule has 1 rings (SSSR count). The molecule has 0 aliphatic heterocycles. The van der Waals surface area contributed by atoms with Crippen LogP contribution < -0.4 is 11.1 Å². The normalized spacial score (nSPS) is 12.8. The van der Waals surface area contributed by atoms with Gasteiger partial charge in [0.15, 0.2) is 0 Å². The first kappa shape index (κ1) is 16.7. The molecule has 1 aromatic rings. The second-order valence-electron chi connectivity index (χ2n) is 5.97. The lowest BCUT2D eigenvalue weighted by molar-refractivity contribution is 0.0924. The SMILES string of the molecule is CC(C)CC(CN(C)C)NC(=O)c1cccc(CN)c1. The highest BCUT2D eigenvalue weighted by molar-refractivity contribution is 5.94. The van der Waals surface area contributed by atoms with Gasteiger partial charge in [-0.15, -0.1) is 0 Å². The standard InChI is InChI=1S/C16H27N3O/c1-12(2)8-15(11-19(3)4)18-16(20)14-7-5-6-13(9-14)10-17/h5-7,9,12,15H,8,10-11,17H2,1-4H3,(H,18,20). The van der Waals surface area contributed by atoms with E-state index < -0.39 is 0 Å². The fraction of sp³-hybridized carbons (Fsp3) is 0.562. The summed E-state index contributed by atoms with van der Waals surface area (Å²) < 4.78 is 0. The fourth-order valence-corrected chi connectivity index (χ4v) is 2.30. The number of carbonyl (C=O) groups excluding carboxylic acids is 1. The molecule has 1 aromatic carbocycles. The molecule has 0 radical (unpaired) electrons. The molecule has 0 aromatic heterocycles. The van der Waals surface area contributed by atoms with Crippen molar-refractivity contribution in [1.82, 2.24) is 10.2 Å². The molecule has 1 amide bonds. The first-order chi connectivity index (χ1) is 9.42. The maximum atomic E-state index is 12.3. The van der Waals surface area contributed by atoms with Crippen molar-refractivity contribution in [2.75, 3.05) is 20.6 Å². The van der Waals surface area contributed by atoms with Gasteiger partial charge in [0.2, 0.25) is 0 Å². The van der Waals surface area contributed by atoms with E-state index in [1.807, 2.05) is 38.4 Å². The summed E-state index contributed by atoms with van der Waals surface area (Å²) in [6.45, 7) is 5.64. The molecule has 0 fully saturated rings. The van der Waals surface area contributed by atoms with Crippen LogP contribution in [0.15, 0.2) is 24.3 Å². The second-order valence-corrected chi connectivity index (χ2v) is 5.97. The molecule has 0 aliphatic rings. The van der Waals surface area contributed by atoms with Crippen molar-refractivity contribution in [3.8, 4) is 0 Å². The predicted molar refractivity (Wildman–Crippen MR) is 83.6 cm³/mol. The Morgan fingerprint density at radius 3 is 2.60 bits per heavy atom. The molecule has 0 heterocycles. The highest BCUT2D eigenvalue weighted by Crippen LogP contribution is 2.09. The minimum atomic E-state index is -0.0206. The highest BCUT2D eigenvalue weighted by atomic mass is 16.1. The molecule has 20 heavy (non-hydrogen) atoms. The molecule has 0 spiro atoms. The molecule has 3 N–H and O–H groups in total. The Balaban J connectivity index is 2.73. The van der Waals surface area contributed by atoms with Crippen LogP contribution in [0.5, 0.6) is 0 Å². The van der Waals surface area contributed by atoms with Crippen molar-refractivity contribution < 1.29 is 4.79 Å². The molecule has 0 saturated carbocycles. The Morgan fingerprint density at radius 1 is 1.35 bits per heavy atom. The van der Waals surface area contributed by atoms with Crippen molar-refractivity contribution in [2.24, 2.45) is 11.7 Å².